The van der Waals surface area contributed by atoms with Gasteiger partial charge >= 0.3 is 0 Å². The van der Waals surface area contributed by atoms with Crippen molar-refractivity contribution < 1.29 is 4.74 Å². The normalized spacial score (nSPS) is 12.2. The molecule has 0 saturated heterocycles. The highest BCUT2D eigenvalue weighted by molar-refractivity contribution is 6.42. The summed E-state index contributed by atoms with van der Waals surface area (Å²) in [6.45, 7) is 2.07. The Hall–Kier alpha value is -1.22. The van der Waals surface area contributed by atoms with Gasteiger partial charge in [-0.2, -0.15) is 0 Å². The Balaban J connectivity index is 2.36. The summed E-state index contributed by atoms with van der Waals surface area (Å²) in [6.07, 6.45) is 0. The van der Waals surface area contributed by atoms with Gasteiger partial charge in [0.1, 0.15) is 16.5 Å². The molecule has 2 aromatic rings. The molecule has 4 heteroatoms. The number of rotatable bonds is 4. The second-order valence-electron chi connectivity index (χ2n) is 4.20. The number of nitrogens with one attached hydrogen (secondary N) is 1. The van der Waals surface area contributed by atoms with Crippen LogP contribution in [0.15, 0.2) is 42.5 Å². The summed E-state index contributed by atoms with van der Waals surface area (Å²) in [5.41, 5.74) is 1.07. The van der Waals surface area contributed by atoms with Crippen molar-refractivity contribution >= 4 is 23.2 Å². The molecule has 0 spiro atoms. The van der Waals surface area contributed by atoms with E-state index in [9.17, 15) is 0 Å². The molecule has 2 aromatic carbocycles. The standard InChI is InChI=1S/C15H15Cl2NO/c1-10(18-2)11-6-3-4-8-13(11)19-14-9-5-7-12(16)15(14)17/h3-10,18H,1-2H3. The lowest BCUT2D eigenvalue weighted by molar-refractivity contribution is 0.466. The quantitative estimate of drug-likeness (QED) is 0.850. The van der Waals surface area contributed by atoms with Crippen LogP contribution in [-0.4, -0.2) is 7.05 Å². The predicted molar refractivity (Wildman–Crippen MR) is 80.5 cm³/mol. The van der Waals surface area contributed by atoms with Crippen LogP contribution < -0.4 is 10.1 Å². The molecule has 0 saturated carbocycles. The van der Waals surface area contributed by atoms with Crippen molar-refractivity contribution in [1.29, 1.82) is 0 Å². The van der Waals surface area contributed by atoms with Crippen LogP contribution in [0.3, 0.4) is 0 Å². The van der Waals surface area contributed by atoms with Crippen LogP contribution in [0.4, 0.5) is 0 Å². The molecular weight excluding hydrogens is 281 g/mol. The zero-order chi connectivity index (χ0) is 13.8. The van der Waals surface area contributed by atoms with E-state index < -0.39 is 0 Å². The Kier molecular flexibility index (Phi) is 4.70. The number of hydrogen-bond acceptors (Lipinski definition) is 2. The smallest absolute Gasteiger partial charge is 0.147 e. The van der Waals surface area contributed by atoms with E-state index in [1.54, 1.807) is 12.1 Å². The van der Waals surface area contributed by atoms with Crippen molar-refractivity contribution in [3.05, 3.63) is 58.1 Å². The molecule has 100 valence electrons. The fraction of sp³-hybridized carbons (Fsp3) is 0.200. The number of benzene rings is 2. The minimum absolute atomic E-state index is 0.189. The van der Waals surface area contributed by atoms with Gasteiger partial charge in [0.15, 0.2) is 0 Å². The molecule has 0 aromatic heterocycles. The Labute approximate surface area is 123 Å². The van der Waals surface area contributed by atoms with Gasteiger partial charge in [0.25, 0.3) is 0 Å². The van der Waals surface area contributed by atoms with E-state index in [4.69, 9.17) is 27.9 Å². The SMILES string of the molecule is CNC(C)c1ccccc1Oc1cccc(Cl)c1Cl. The lowest BCUT2D eigenvalue weighted by Gasteiger charge is -2.16. The molecule has 2 nitrogen and oxygen atoms in total. The second kappa shape index (κ2) is 6.29. The fourth-order valence-electron chi connectivity index (χ4n) is 1.77. The molecule has 2 rings (SSSR count). The topological polar surface area (TPSA) is 21.3 Å². The van der Waals surface area contributed by atoms with Gasteiger partial charge in [-0.1, -0.05) is 47.5 Å². The first-order valence-electron chi connectivity index (χ1n) is 6.01. The van der Waals surface area contributed by atoms with Crippen LogP contribution >= 0.6 is 23.2 Å². The summed E-state index contributed by atoms with van der Waals surface area (Å²) in [7, 11) is 1.91. The van der Waals surface area contributed by atoms with Gasteiger partial charge in [0.05, 0.1) is 5.02 Å². The second-order valence-corrected chi connectivity index (χ2v) is 4.99. The zero-order valence-electron chi connectivity index (χ0n) is 10.8. The monoisotopic (exact) mass is 295 g/mol. The molecule has 1 atom stereocenters. The van der Waals surface area contributed by atoms with E-state index in [1.807, 2.05) is 37.4 Å². The Bertz CT molecular complexity index is 572. The Morgan fingerprint density at radius 1 is 1.00 bits per heavy atom. The Morgan fingerprint density at radius 3 is 2.42 bits per heavy atom. The van der Waals surface area contributed by atoms with Crippen molar-refractivity contribution in [3.8, 4) is 11.5 Å². The fourth-order valence-corrected chi connectivity index (χ4v) is 2.10. The first-order chi connectivity index (χ1) is 9.13. The largest absolute Gasteiger partial charge is 0.455 e. The summed E-state index contributed by atoms with van der Waals surface area (Å²) >= 11 is 12.1. The number of hydrogen-bond donors (Lipinski definition) is 1. The number of para-hydroxylation sites is 1. The van der Waals surface area contributed by atoms with Crippen LogP contribution in [0.1, 0.15) is 18.5 Å². The average Bonchev–Trinajstić information content (AvgIpc) is 2.43. The predicted octanol–water partition coefficient (Wildman–Crippen LogP) is 5.07. The molecule has 0 heterocycles. The highest BCUT2D eigenvalue weighted by Gasteiger charge is 2.12. The molecule has 0 aliphatic rings. The average molecular weight is 296 g/mol. The lowest BCUT2D eigenvalue weighted by Crippen LogP contribution is -2.13. The molecule has 0 amide bonds. The molecule has 1 unspecified atom stereocenters. The highest BCUT2D eigenvalue weighted by atomic mass is 35.5. The molecule has 0 radical (unpaired) electrons. The summed E-state index contributed by atoms with van der Waals surface area (Å²) in [6, 6.07) is 13.4. The van der Waals surface area contributed by atoms with E-state index >= 15 is 0 Å². The van der Waals surface area contributed by atoms with E-state index in [-0.39, 0.29) is 6.04 Å². The van der Waals surface area contributed by atoms with Gasteiger partial charge in [-0.3, -0.25) is 0 Å². The molecule has 0 bridgehead atoms. The zero-order valence-corrected chi connectivity index (χ0v) is 12.3. The molecule has 0 aliphatic carbocycles. The van der Waals surface area contributed by atoms with E-state index in [0.717, 1.165) is 11.3 Å². The lowest BCUT2D eigenvalue weighted by atomic mass is 10.1. The maximum atomic E-state index is 6.14. The first-order valence-corrected chi connectivity index (χ1v) is 6.77. The molecule has 0 aliphatic heterocycles. The number of halogens is 2. The van der Waals surface area contributed by atoms with Gasteiger partial charge in [-0.05, 0) is 32.2 Å². The van der Waals surface area contributed by atoms with Crippen LogP contribution in [0.25, 0.3) is 0 Å². The third-order valence-corrected chi connectivity index (χ3v) is 3.76. The maximum Gasteiger partial charge on any atom is 0.147 e. The summed E-state index contributed by atoms with van der Waals surface area (Å²) in [5.74, 6) is 1.33. The van der Waals surface area contributed by atoms with Gasteiger partial charge in [-0.15, -0.1) is 0 Å². The van der Waals surface area contributed by atoms with Gasteiger partial charge in [0, 0.05) is 11.6 Å². The first kappa shape index (κ1) is 14.2. The van der Waals surface area contributed by atoms with Crippen molar-refractivity contribution in [2.24, 2.45) is 0 Å². The minimum Gasteiger partial charge on any atom is -0.455 e. The van der Waals surface area contributed by atoms with Crippen LogP contribution in [-0.2, 0) is 0 Å². The summed E-state index contributed by atoms with van der Waals surface area (Å²) in [4.78, 5) is 0. The van der Waals surface area contributed by atoms with Crippen molar-refractivity contribution in [2.45, 2.75) is 13.0 Å². The van der Waals surface area contributed by atoms with Crippen LogP contribution in [0.5, 0.6) is 11.5 Å². The van der Waals surface area contributed by atoms with Crippen LogP contribution in [0, 0.1) is 0 Å². The van der Waals surface area contributed by atoms with Crippen LogP contribution in [0.2, 0.25) is 10.0 Å². The van der Waals surface area contributed by atoms with Crippen molar-refractivity contribution in [3.63, 3.8) is 0 Å². The third kappa shape index (κ3) is 3.21. The Morgan fingerprint density at radius 2 is 1.68 bits per heavy atom. The highest BCUT2D eigenvalue weighted by Crippen LogP contribution is 2.36. The minimum atomic E-state index is 0.189. The molecule has 0 fully saturated rings. The summed E-state index contributed by atoms with van der Waals surface area (Å²) in [5, 5.41) is 4.11. The summed E-state index contributed by atoms with van der Waals surface area (Å²) < 4.78 is 5.89. The molecular formula is C15H15Cl2NO. The maximum absolute atomic E-state index is 6.14. The van der Waals surface area contributed by atoms with Gasteiger partial charge in [-0.25, -0.2) is 0 Å². The molecule has 1 N–H and O–H groups in total. The van der Waals surface area contributed by atoms with Crippen molar-refractivity contribution in [2.75, 3.05) is 7.05 Å². The van der Waals surface area contributed by atoms with Gasteiger partial charge < -0.3 is 10.1 Å². The van der Waals surface area contributed by atoms with Gasteiger partial charge in [0.2, 0.25) is 0 Å². The van der Waals surface area contributed by atoms with E-state index in [2.05, 4.69) is 12.2 Å². The molecule has 19 heavy (non-hydrogen) atoms. The van der Waals surface area contributed by atoms with E-state index in [0.29, 0.717) is 15.8 Å². The third-order valence-electron chi connectivity index (χ3n) is 2.95. The van der Waals surface area contributed by atoms with Crippen molar-refractivity contribution in [1.82, 2.24) is 5.32 Å². The van der Waals surface area contributed by atoms with E-state index in [1.165, 1.54) is 0 Å². The number of ether oxygens (including phenoxy) is 1.